The number of hydrogen-bond acceptors (Lipinski definition) is 11. The molecule has 0 aliphatic heterocycles. The average Bonchev–Trinajstić information content (AvgIpc) is 2.50. The number of carbonyl (C=O) groups is 4. The minimum absolute atomic E-state index is 0.255. The van der Waals surface area contributed by atoms with E-state index < -0.39 is 66.4 Å². The summed E-state index contributed by atoms with van der Waals surface area (Å²) in [7, 11) is 0. The largest absolute Gasteiger partial charge is 0.547 e. The van der Waals surface area contributed by atoms with Crippen molar-refractivity contribution in [3.8, 4) is 0 Å². The Morgan fingerprint density at radius 2 is 1.60 bits per heavy atom. The zero-order valence-electron chi connectivity index (χ0n) is 12.7. The van der Waals surface area contributed by atoms with Crippen LogP contribution >= 0.6 is 0 Å². The van der Waals surface area contributed by atoms with E-state index in [1.807, 2.05) is 0 Å². The smallest absolute Gasteiger partial charge is 0.187 e. The zero-order valence-corrected chi connectivity index (χ0v) is 12.7. The highest BCUT2D eigenvalue weighted by Gasteiger charge is 2.44. The Labute approximate surface area is 140 Å². The number of carboxylic acids is 2. The van der Waals surface area contributed by atoms with E-state index in [1.54, 1.807) is 0 Å². The van der Waals surface area contributed by atoms with E-state index in [1.165, 1.54) is 0 Å². The molecule has 0 saturated heterocycles. The Balaban J connectivity index is 0.000000251. The molecule has 2 aliphatic carbocycles. The molecule has 0 bridgehead atoms. The number of aliphatic hydroxyl groups excluding tert-OH is 4. The van der Waals surface area contributed by atoms with Gasteiger partial charge in [0.15, 0.2) is 11.6 Å². The predicted octanol–water partition coefficient (Wildman–Crippen LogP) is -6.09. The third-order valence-corrected chi connectivity index (χ3v) is 3.75. The maximum absolute atomic E-state index is 10.9. The van der Waals surface area contributed by atoms with Gasteiger partial charge in [0.1, 0.15) is 17.8 Å². The van der Waals surface area contributed by atoms with Gasteiger partial charge in [-0.05, 0) is 11.6 Å². The maximum Gasteiger partial charge on any atom is 0.187 e. The monoisotopic (exact) mass is 360 g/mol. The Morgan fingerprint density at radius 1 is 1.04 bits per heavy atom. The summed E-state index contributed by atoms with van der Waals surface area (Å²) in [6.07, 6.45) is -6.80. The second-order valence-electron chi connectivity index (χ2n) is 5.75. The normalized spacial score (nSPS) is 35.3. The lowest BCUT2D eigenvalue weighted by molar-refractivity contribution is -0.327. The Bertz CT molecular complexity index is 610. The van der Waals surface area contributed by atoms with E-state index >= 15 is 0 Å². The fraction of sp³-hybridized carbons (Fsp3) is 0.571. The first kappa shape index (κ1) is 20.9. The van der Waals surface area contributed by atoms with Gasteiger partial charge >= 0.3 is 0 Å². The van der Waals surface area contributed by atoms with Gasteiger partial charge < -0.3 is 45.3 Å². The summed E-state index contributed by atoms with van der Waals surface area (Å²) in [5.74, 6) is -5.00. The van der Waals surface area contributed by atoms with Crippen molar-refractivity contribution in [2.24, 2.45) is 0 Å². The second-order valence-corrected chi connectivity index (χ2v) is 5.75. The van der Waals surface area contributed by atoms with Crippen LogP contribution in [0.4, 0.5) is 0 Å². The fourth-order valence-corrected chi connectivity index (χ4v) is 2.28. The number of aliphatic hydroxyl groups is 5. The van der Waals surface area contributed by atoms with E-state index in [0.29, 0.717) is 0 Å². The second kappa shape index (κ2) is 7.80. The maximum atomic E-state index is 10.9. The van der Waals surface area contributed by atoms with Gasteiger partial charge in [0.05, 0.1) is 24.1 Å². The van der Waals surface area contributed by atoms with Crippen LogP contribution in [0.3, 0.4) is 0 Å². The van der Waals surface area contributed by atoms with Crippen molar-refractivity contribution in [2.45, 2.75) is 49.3 Å². The van der Waals surface area contributed by atoms with Gasteiger partial charge in [-0.25, -0.2) is 0 Å². The fourth-order valence-electron chi connectivity index (χ4n) is 2.28. The molecule has 0 spiro atoms. The molecule has 2 rings (SSSR count). The van der Waals surface area contributed by atoms with E-state index in [2.05, 4.69) is 0 Å². The van der Waals surface area contributed by atoms with Crippen molar-refractivity contribution >= 4 is 23.5 Å². The minimum Gasteiger partial charge on any atom is -0.547 e. The molecule has 1 fully saturated rings. The summed E-state index contributed by atoms with van der Waals surface area (Å²) in [6, 6.07) is 0. The summed E-state index contributed by atoms with van der Waals surface area (Å²) in [5.41, 5.74) is -2.63. The van der Waals surface area contributed by atoms with E-state index in [-0.39, 0.29) is 12.0 Å². The zero-order chi connectivity index (χ0) is 19.5. The SMILES string of the molecule is O=C([O-])C1=CC(=O)[C@@H](O)[C@H](O)C1.O=C1C[C@@](O)(C(=O)[O-])C[C@@H](O)[C@@H]1O. The Kier molecular flexibility index (Phi) is 6.51. The molecule has 2 aliphatic rings. The molecule has 0 unspecified atom stereocenters. The highest BCUT2D eigenvalue weighted by molar-refractivity contribution is 6.02. The average molecular weight is 360 g/mol. The molecule has 0 radical (unpaired) electrons. The Morgan fingerprint density at radius 3 is 2.00 bits per heavy atom. The molecule has 1 saturated carbocycles. The van der Waals surface area contributed by atoms with Crippen LogP contribution in [0.1, 0.15) is 19.3 Å². The van der Waals surface area contributed by atoms with Crippen LogP contribution in [0.25, 0.3) is 0 Å². The predicted molar refractivity (Wildman–Crippen MR) is 70.9 cm³/mol. The first-order valence-electron chi connectivity index (χ1n) is 7.03. The quantitative estimate of drug-likeness (QED) is 0.312. The minimum atomic E-state index is -2.35. The molecule has 0 aromatic heterocycles. The summed E-state index contributed by atoms with van der Waals surface area (Å²) in [5, 5.41) is 65.6. The van der Waals surface area contributed by atoms with E-state index in [0.717, 1.165) is 6.08 Å². The van der Waals surface area contributed by atoms with Crippen LogP contribution in [0.5, 0.6) is 0 Å². The third kappa shape index (κ3) is 4.90. The van der Waals surface area contributed by atoms with Gasteiger partial charge in [-0.2, -0.15) is 0 Å². The molecule has 11 heteroatoms. The molecule has 0 amide bonds. The molecule has 5 atom stereocenters. The van der Waals surface area contributed by atoms with Crippen molar-refractivity contribution in [1.82, 2.24) is 0 Å². The molecule has 5 N–H and O–H groups in total. The van der Waals surface area contributed by atoms with E-state index in [9.17, 15) is 34.5 Å². The lowest BCUT2D eigenvalue weighted by Gasteiger charge is -2.36. The number of rotatable bonds is 2. The molecular weight excluding hydrogens is 344 g/mol. The third-order valence-electron chi connectivity index (χ3n) is 3.75. The molecule has 0 heterocycles. The lowest BCUT2D eigenvalue weighted by atomic mass is 9.81. The standard InChI is InChI=1S/C7H10O6.C7H8O5/c8-3-1-7(13,6(11)12)2-4(9)5(3)10;8-4-1-3(7(11)12)2-5(9)6(4)10/h3,5,8,10,13H,1-2H2,(H,11,12);1,5-6,9-10H,2H2,(H,11,12)/p-2/t3-,5+,7-;5-,6-/m11/s1. The number of hydrogen-bond donors (Lipinski definition) is 5. The van der Waals surface area contributed by atoms with Gasteiger partial charge in [0, 0.05) is 19.3 Å². The van der Waals surface area contributed by atoms with Crippen LogP contribution in [0.15, 0.2) is 11.6 Å². The molecular formula is C14H16O11-2. The summed E-state index contributed by atoms with van der Waals surface area (Å²) in [4.78, 5) is 42.2. The van der Waals surface area contributed by atoms with Crippen molar-refractivity contribution < 1.29 is 54.9 Å². The molecule has 0 aromatic carbocycles. The first-order chi connectivity index (χ1) is 11.4. The summed E-state index contributed by atoms with van der Waals surface area (Å²) < 4.78 is 0. The molecule has 11 nitrogen and oxygen atoms in total. The van der Waals surface area contributed by atoms with Crippen LogP contribution in [0.2, 0.25) is 0 Å². The number of aliphatic carboxylic acids is 2. The summed E-state index contributed by atoms with van der Waals surface area (Å²) >= 11 is 0. The van der Waals surface area contributed by atoms with Gasteiger partial charge in [-0.3, -0.25) is 9.59 Å². The number of carboxylic acid groups (broad SMARTS) is 2. The highest BCUT2D eigenvalue weighted by Crippen LogP contribution is 2.26. The lowest BCUT2D eigenvalue weighted by Crippen LogP contribution is -2.58. The van der Waals surface area contributed by atoms with Crippen molar-refractivity contribution in [3.63, 3.8) is 0 Å². The Hall–Kier alpha value is -2.18. The van der Waals surface area contributed by atoms with Crippen LogP contribution in [-0.2, 0) is 19.2 Å². The van der Waals surface area contributed by atoms with Crippen LogP contribution in [0, 0.1) is 0 Å². The van der Waals surface area contributed by atoms with E-state index in [4.69, 9.17) is 20.4 Å². The molecule has 140 valence electrons. The van der Waals surface area contributed by atoms with Gasteiger partial charge in [0.25, 0.3) is 0 Å². The van der Waals surface area contributed by atoms with Gasteiger partial charge in [-0.15, -0.1) is 0 Å². The van der Waals surface area contributed by atoms with Crippen molar-refractivity contribution in [1.29, 1.82) is 0 Å². The van der Waals surface area contributed by atoms with Gasteiger partial charge in [0.2, 0.25) is 0 Å². The first-order valence-corrected chi connectivity index (χ1v) is 7.03. The number of Topliss-reactive ketones (excluding diaryl/α,β-unsaturated/α-hetero) is 1. The van der Waals surface area contributed by atoms with Crippen molar-refractivity contribution in [2.75, 3.05) is 0 Å². The van der Waals surface area contributed by atoms with Crippen molar-refractivity contribution in [3.05, 3.63) is 11.6 Å². The number of carbonyl (C=O) groups excluding carboxylic acids is 4. The molecule has 0 aromatic rings. The van der Waals surface area contributed by atoms with Gasteiger partial charge in [-0.1, -0.05) is 0 Å². The summed E-state index contributed by atoms with van der Waals surface area (Å²) in [6.45, 7) is 0. The highest BCUT2D eigenvalue weighted by atomic mass is 16.4. The topological polar surface area (TPSA) is 216 Å². The van der Waals surface area contributed by atoms with Crippen LogP contribution in [-0.4, -0.2) is 79.1 Å². The number of ketones is 2. The van der Waals surface area contributed by atoms with Crippen LogP contribution < -0.4 is 10.2 Å². The molecule has 25 heavy (non-hydrogen) atoms.